The van der Waals surface area contributed by atoms with Gasteiger partial charge in [-0.3, -0.25) is 0 Å². The summed E-state index contributed by atoms with van der Waals surface area (Å²) >= 11 is 0. The van der Waals surface area contributed by atoms with E-state index in [0.717, 1.165) is 31.1 Å². The number of aromatic nitrogens is 2. The fraction of sp³-hybridized carbons (Fsp3) is 0.846. The van der Waals surface area contributed by atoms with Crippen LogP contribution in [0.3, 0.4) is 0 Å². The molecule has 2 heterocycles. The summed E-state index contributed by atoms with van der Waals surface area (Å²) in [7, 11) is 0. The van der Waals surface area contributed by atoms with Gasteiger partial charge in [-0.1, -0.05) is 18.0 Å². The van der Waals surface area contributed by atoms with Crippen molar-refractivity contribution in [2.75, 3.05) is 6.54 Å². The zero-order chi connectivity index (χ0) is 11.7. The van der Waals surface area contributed by atoms with Crippen molar-refractivity contribution >= 4 is 12.4 Å². The number of nitrogens with zero attached hydrogens (tertiary/aromatic N) is 2. The number of nitrogens with one attached hydrogen (secondary N) is 1. The molecule has 0 radical (unpaired) electrons. The largest absolute Gasteiger partial charge is 0.339 e. The Labute approximate surface area is 114 Å². The summed E-state index contributed by atoms with van der Waals surface area (Å²) in [4.78, 5) is 4.64. The average Bonchev–Trinajstić information content (AvgIpc) is 3.00. The van der Waals surface area contributed by atoms with Crippen molar-refractivity contribution in [2.24, 2.45) is 0 Å². The highest BCUT2D eigenvalue weighted by Gasteiger charge is 2.27. The van der Waals surface area contributed by atoms with Crippen LogP contribution in [0.4, 0.5) is 0 Å². The fourth-order valence-corrected chi connectivity index (χ4v) is 3.12. The Balaban J connectivity index is 0.00000120. The van der Waals surface area contributed by atoms with Crippen LogP contribution in [0, 0.1) is 0 Å². The Morgan fingerprint density at radius 1 is 1.17 bits per heavy atom. The predicted octanol–water partition coefficient (Wildman–Crippen LogP) is 3.00. The van der Waals surface area contributed by atoms with Crippen molar-refractivity contribution in [3.8, 4) is 0 Å². The monoisotopic (exact) mass is 271 g/mol. The smallest absolute Gasteiger partial charge is 0.229 e. The molecule has 1 N–H and O–H groups in total. The van der Waals surface area contributed by atoms with Crippen molar-refractivity contribution in [3.63, 3.8) is 0 Å². The van der Waals surface area contributed by atoms with Gasteiger partial charge in [0.2, 0.25) is 5.89 Å². The van der Waals surface area contributed by atoms with E-state index in [2.05, 4.69) is 22.4 Å². The molecule has 1 aliphatic carbocycles. The highest BCUT2D eigenvalue weighted by Crippen LogP contribution is 2.34. The lowest BCUT2D eigenvalue weighted by atomic mass is 9.93. The molecule has 1 aromatic rings. The zero-order valence-electron chi connectivity index (χ0n) is 10.9. The van der Waals surface area contributed by atoms with Crippen LogP contribution in [0.2, 0.25) is 0 Å². The molecule has 1 aliphatic heterocycles. The van der Waals surface area contributed by atoms with Gasteiger partial charge in [-0.25, -0.2) is 0 Å². The fourth-order valence-electron chi connectivity index (χ4n) is 3.12. The Morgan fingerprint density at radius 2 is 1.94 bits per heavy atom. The van der Waals surface area contributed by atoms with Crippen LogP contribution in [-0.4, -0.2) is 22.7 Å². The van der Waals surface area contributed by atoms with E-state index < -0.39 is 0 Å². The normalized spacial score (nSPS) is 29.2. The molecule has 1 aromatic heterocycles. The molecule has 0 unspecified atom stereocenters. The second-order valence-electron chi connectivity index (χ2n) is 5.55. The van der Waals surface area contributed by atoms with Crippen LogP contribution < -0.4 is 5.32 Å². The van der Waals surface area contributed by atoms with Crippen LogP contribution >= 0.6 is 12.4 Å². The summed E-state index contributed by atoms with van der Waals surface area (Å²) in [6.07, 6.45) is 7.35. The Hall–Kier alpha value is -0.610. The lowest BCUT2D eigenvalue weighted by Gasteiger charge is -2.25. The molecule has 0 amide bonds. The maximum Gasteiger partial charge on any atom is 0.229 e. The first-order valence-corrected chi connectivity index (χ1v) is 6.90. The van der Waals surface area contributed by atoms with Crippen molar-refractivity contribution in [3.05, 3.63) is 11.7 Å². The van der Waals surface area contributed by atoms with Gasteiger partial charge < -0.3 is 9.84 Å². The molecular weight excluding hydrogens is 250 g/mol. The first-order valence-electron chi connectivity index (χ1n) is 6.90. The standard InChI is InChI=1S/C13H21N3O.ClH/c1-9-8-11(6-7-14-9)13-15-12(16-17-13)10-4-2-3-5-10;/h9-11,14H,2-8H2,1H3;1H/t9-,11-;/m0./s1. The van der Waals surface area contributed by atoms with Crippen LogP contribution in [0.15, 0.2) is 4.52 Å². The molecule has 18 heavy (non-hydrogen) atoms. The molecule has 0 aromatic carbocycles. The lowest BCUT2D eigenvalue weighted by molar-refractivity contribution is 0.293. The first kappa shape index (κ1) is 13.8. The van der Waals surface area contributed by atoms with Gasteiger partial charge in [0, 0.05) is 17.9 Å². The van der Waals surface area contributed by atoms with Crippen LogP contribution in [-0.2, 0) is 0 Å². The Morgan fingerprint density at radius 3 is 2.67 bits per heavy atom. The highest BCUT2D eigenvalue weighted by atomic mass is 35.5. The van der Waals surface area contributed by atoms with Crippen molar-refractivity contribution in [1.82, 2.24) is 15.5 Å². The quantitative estimate of drug-likeness (QED) is 0.898. The third-order valence-electron chi connectivity index (χ3n) is 4.15. The molecule has 4 nitrogen and oxygen atoms in total. The first-order chi connectivity index (χ1) is 8.33. The van der Waals surface area contributed by atoms with Crippen molar-refractivity contribution < 1.29 is 4.52 Å². The Bertz CT molecular complexity index is 376. The molecular formula is C13H22ClN3O. The van der Waals surface area contributed by atoms with Gasteiger partial charge in [0.15, 0.2) is 5.82 Å². The molecule has 0 bridgehead atoms. The average molecular weight is 272 g/mol. The molecule has 2 fully saturated rings. The molecule has 1 saturated heterocycles. The Kier molecular flexibility index (Phi) is 4.62. The lowest BCUT2D eigenvalue weighted by Crippen LogP contribution is -2.34. The minimum absolute atomic E-state index is 0. The van der Waals surface area contributed by atoms with Crippen LogP contribution in [0.5, 0.6) is 0 Å². The van der Waals surface area contributed by atoms with E-state index in [9.17, 15) is 0 Å². The van der Waals surface area contributed by atoms with Crippen LogP contribution in [0.25, 0.3) is 0 Å². The maximum absolute atomic E-state index is 5.48. The van der Waals surface area contributed by atoms with Crippen molar-refractivity contribution in [1.29, 1.82) is 0 Å². The van der Waals surface area contributed by atoms with Gasteiger partial charge in [-0.2, -0.15) is 4.98 Å². The van der Waals surface area contributed by atoms with E-state index in [1.54, 1.807) is 0 Å². The third kappa shape index (κ3) is 2.86. The van der Waals surface area contributed by atoms with Gasteiger partial charge in [-0.15, -0.1) is 12.4 Å². The molecule has 3 rings (SSSR count). The number of halogens is 1. The van der Waals surface area contributed by atoms with Gasteiger partial charge >= 0.3 is 0 Å². The van der Waals surface area contributed by atoms with Gasteiger partial charge in [-0.05, 0) is 39.2 Å². The van der Waals surface area contributed by atoms with E-state index in [0.29, 0.717) is 17.9 Å². The van der Waals surface area contributed by atoms with E-state index in [1.807, 2.05) is 0 Å². The number of hydrogen-bond donors (Lipinski definition) is 1. The third-order valence-corrected chi connectivity index (χ3v) is 4.15. The molecule has 1 saturated carbocycles. The van der Waals surface area contributed by atoms with Crippen LogP contribution in [0.1, 0.15) is 69.0 Å². The zero-order valence-corrected chi connectivity index (χ0v) is 11.7. The topological polar surface area (TPSA) is 51.0 Å². The molecule has 102 valence electrons. The maximum atomic E-state index is 5.48. The summed E-state index contributed by atoms with van der Waals surface area (Å²) in [6, 6.07) is 0.565. The van der Waals surface area contributed by atoms with Gasteiger partial charge in [0.05, 0.1) is 0 Å². The second kappa shape index (κ2) is 6.02. The van der Waals surface area contributed by atoms with E-state index >= 15 is 0 Å². The molecule has 0 spiro atoms. The van der Waals surface area contributed by atoms with E-state index in [-0.39, 0.29) is 12.4 Å². The number of rotatable bonds is 2. The minimum atomic E-state index is 0. The van der Waals surface area contributed by atoms with E-state index in [1.165, 1.54) is 25.7 Å². The summed E-state index contributed by atoms with van der Waals surface area (Å²) < 4.78 is 5.48. The summed E-state index contributed by atoms with van der Waals surface area (Å²) in [5, 5.41) is 7.65. The van der Waals surface area contributed by atoms with Gasteiger partial charge in [0.1, 0.15) is 0 Å². The summed E-state index contributed by atoms with van der Waals surface area (Å²) in [5.74, 6) is 2.87. The summed E-state index contributed by atoms with van der Waals surface area (Å²) in [6.45, 7) is 3.29. The number of piperidine rings is 1. The minimum Gasteiger partial charge on any atom is -0.339 e. The highest BCUT2D eigenvalue weighted by molar-refractivity contribution is 5.85. The number of hydrogen-bond acceptors (Lipinski definition) is 4. The summed E-state index contributed by atoms with van der Waals surface area (Å²) in [5.41, 5.74) is 0. The molecule has 2 atom stereocenters. The van der Waals surface area contributed by atoms with Gasteiger partial charge in [0.25, 0.3) is 0 Å². The second-order valence-corrected chi connectivity index (χ2v) is 5.55. The van der Waals surface area contributed by atoms with Crippen molar-refractivity contribution in [2.45, 2.75) is 63.3 Å². The SMILES string of the molecule is C[C@H]1C[C@@H](c2nc(C3CCCC3)no2)CCN1.Cl. The van der Waals surface area contributed by atoms with E-state index in [4.69, 9.17) is 4.52 Å². The predicted molar refractivity (Wildman–Crippen MR) is 72.2 cm³/mol. The molecule has 2 aliphatic rings. The molecule has 5 heteroatoms.